The number of carbonyl (C=O) groups is 3. The summed E-state index contributed by atoms with van der Waals surface area (Å²) in [6, 6.07) is -2.57. The van der Waals surface area contributed by atoms with Gasteiger partial charge in [-0.2, -0.15) is 5.06 Å². The molecule has 1 rings (SSSR count). The molecule has 11 nitrogen and oxygen atoms in total. The van der Waals surface area contributed by atoms with Crippen molar-refractivity contribution >= 4 is 18.0 Å². The summed E-state index contributed by atoms with van der Waals surface area (Å²) in [6.07, 6.45) is 0. The molecule has 0 bridgehead atoms. The summed E-state index contributed by atoms with van der Waals surface area (Å²) in [7, 11) is 0. The third kappa shape index (κ3) is 1.95. The SMILES string of the molecule is CC1(NC(=O)N(CO)CO)C(=O)N(O)C(=O)N1O. The first kappa shape index (κ1) is 14.1. The van der Waals surface area contributed by atoms with Gasteiger partial charge in [-0.3, -0.25) is 20.1 Å². The highest BCUT2D eigenvalue weighted by molar-refractivity contribution is 6.06. The Balaban J connectivity index is 2.92. The highest BCUT2D eigenvalue weighted by Crippen LogP contribution is 2.22. The van der Waals surface area contributed by atoms with Gasteiger partial charge in [-0.15, -0.1) is 5.06 Å². The lowest BCUT2D eigenvalue weighted by Gasteiger charge is -2.29. The van der Waals surface area contributed by atoms with E-state index in [9.17, 15) is 19.6 Å². The lowest BCUT2D eigenvalue weighted by molar-refractivity contribution is -0.159. The van der Waals surface area contributed by atoms with Crippen molar-refractivity contribution in [1.29, 1.82) is 0 Å². The number of aliphatic hydroxyl groups excluding tert-OH is 2. The summed E-state index contributed by atoms with van der Waals surface area (Å²) < 4.78 is 0. The van der Waals surface area contributed by atoms with E-state index in [1.54, 1.807) is 0 Å². The molecular weight excluding hydrogens is 252 g/mol. The lowest BCUT2D eigenvalue weighted by atomic mass is 10.2. The highest BCUT2D eigenvalue weighted by Gasteiger charge is 2.56. The van der Waals surface area contributed by atoms with Crippen molar-refractivity contribution in [3.05, 3.63) is 0 Å². The van der Waals surface area contributed by atoms with Crippen LogP contribution in [0.25, 0.3) is 0 Å². The van der Waals surface area contributed by atoms with E-state index in [-0.39, 0.29) is 10.1 Å². The van der Waals surface area contributed by atoms with Crippen LogP contribution in [-0.4, -0.2) is 72.7 Å². The van der Waals surface area contributed by atoms with Crippen LogP contribution in [0.15, 0.2) is 0 Å². The molecule has 0 aromatic heterocycles. The van der Waals surface area contributed by atoms with Gasteiger partial charge in [0.2, 0.25) is 5.66 Å². The molecule has 0 aliphatic carbocycles. The number of nitrogens with zero attached hydrogens (tertiary/aromatic N) is 3. The largest absolute Gasteiger partial charge is 0.377 e. The first-order chi connectivity index (χ1) is 8.29. The number of hydrogen-bond acceptors (Lipinski definition) is 7. The number of nitrogens with one attached hydrogen (secondary N) is 1. The Labute approximate surface area is 100 Å². The Morgan fingerprint density at radius 2 is 1.83 bits per heavy atom. The van der Waals surface area contributed by atoms with Crippen LogP contribution in [0.1, 0.15) is 6.92 Å². The van der Waals surface area contributed by atoms with E-state index in [4.69, 9.17) is 15.4 Å². The van der Waals surface area contributed by atoms with Gasteiger partial charge in [-0.05, 0) is 6.92 Å². The van der Waals surface area contributed by atoms with Gasteiger partial charge in [0, 0.05) is 0 Å². The van der Waals surface area contributed by atoms with Gasteiger partial charge in [-0.25, -0.2) is 9.59 Å². The third-order valence-corrected chi connectivity index (χ3v) is 2.37. The highest BCUT2D eigenvalue weighted by atomic mass is 16.6. The molecule has 5 amide bonds. The normalized spacial score (nSPS) is 23.6. The zero-order valence-electron chi connectivity index (χ0n) is 9.27. The monoisotopic (exact) mass is 264 g/mol. The predicted octanol–water partition coefficient (Wildman–Crippen LogP) is -2.34. The molecule has 0 aromatic rings. The van der Waals surface area contributed by atoms with E-state index in [2.05, 4.69) is 0 Å². The molecule has 18 heavy (non-hydrogen) atoms. The van der Waals surface area contributed by atoms with Gasteiger partial charge in [0.25, 0.3) is 0 Å². The first-order valence-electron chi connectivity index (χ1n) is 4.65. The first-order valence-corrected chi connectivity index (χ1v) is 4.65. The quantitative estimate of drug-likeness (QED) is 0.217. The van der Waals surface area contributed by atoms with Gasteiger partial charge in [0.05, 0.1) is 0 Å². The number of amides is 5. The van der Waals surface area contributed by atoms with E-state index in [0.717, 1.165) is 6.92 Å². The second-order valence-electron chi connectivity index (χ2n) is 3.54. The molecule has 0 aromatic carbocycles. The number of imide groups is 1. The van der Waals surface area contributed by atoms with E-state index < -0.39 is 37.1 Å². The molecule has 102 valence electrons. The number of rotatable bonds is 3. The molecule has 1 fully saturated rings. The maximum Gasteiger partial charge on any atom is 0.377 e. The second-order valence-corrected chi connectivity index (χ2v) is 3.54. The van der Waals surface area contributed by atoms with E-state index >= 15 is 0 Å². The molecule has 5 N–H and O–H groups in total. The van der Waals surface area contributed by atoms with E-state index in [0.29, 0.717) is 4.90 Å². The van der Waals surface area contributed by atoms with Crippen LogP contribution in [0.4, 0.5) is 9.59 Å². The summed E-state index contributed by atoms with van der Waals surface area (Å²) in [5, 5.41) is 37.1. The van der Waals surface area contributed by atoms with Crippen LogP contribution in [0.3, 0.4) is 0 Å². The minimum absolute atomic E-state index is 0.180. The van der Waals surface area contributed by atoms with Crippen LogP contribution in [0, 0.1) is 0 Å². The van der Waals surface area contributed by atoms with Crippen LogP contribution >= 0.6 is 0 Å². The zero-order chi connectivity index (χ0) is 14.1. The maximum absolute atomic E-state index is 11.5. The van der Waals surface area contributed by atoms with Crippen molar-refractivity contribution in [2.45, 2.75) is 12.6 Å². The van der Waals surface area contributed by atoms with Crippen molar-refractivity contribution in [1.82, 2.24) is 20.3 Å². The Morgan fingerprint density at radius 3 is 2.17 bits per heavy atom. The molecule has 0 spiro atoms. The Bertz CT molecular complexity index is 384. The molecule has 1 unspecified atom stereocenters. The fourth-order valence-electron chi connectivity index (χ4n) is 1.23. The number of carbonyl (C=O) groups excluding carboxylic acids is 3. The van der Waals surface area contributed by atoms with Crippen molar-refractivity contribution in [2.24, 2.45) is 0 Å². The van der Waals surface area contributed by atoms with E-state index in [1.807, 2.05) is 5.32 Å². The number of hydrogen-bond donors (Lipinski definition) is 5. The van der Waals surface area contributed by atoms with Crippen LogP contribution in [-0.2, 0) is 4.79 Å². The summed E-state index contributed by atoms with van der Waals surface area (Å²) in [5.41, 5.74) is -2.23. The fraction of sp³-hybridized carbons (Fsp3) is 0.571. The number of hydroxylamine groups is 4. The minimum atomic E-state index is -2.23. The molecule has 0 saturated carbocycles. The van der Waals surface area contributed by atoms with Crippen molar-refractivity contribution in [3.63, 3.8) is 0 Å². The Kier molecular flexibility index (Phi) is 3.71. The Hall–Kier alpha value is -1.95. The maximum atomic E-state index is 11.5. The van der Waals surface area contributed by atoms with Crippen molar-refractivity contribution in [2.75, 3.05) is 13.5 Å². The predicted molar refractivity (Wildman–Crippen MR) is 50.6 cm³/mol. The molecule has 1 aliphatic rings. The molecular formula is C7H12N4O7. The molecule has 1 atom stereocenters. The van der Waals surface area contributed by atoms with Crippen molar-refractivity contribution in [3.8, 4) is 0 Å². The van der Waals surface area contributed by atoms with Crippen LogP contribution in [0.5, 0.6) is 0 Å². The molecule has 11 heteroatoms. The summed E-state index contributed by atoms with van der Waals surface area (Å²) in [6.45, 7) is -0.752. The number of aliphatic hydroxyl groups is 2. The standard InChI is InChI=1S/C7H12N4O7/c1-7(8-5(15)9(2-12)3-13)4(14)10(17)6(16)11(7)18/h12-13,17-18H,2-3H2,1H3,(H,8,15). The Morgan fingerprint density at radius 1 is 1.33 bits per heavy atom. The van der Waals surface area contributed by atoms with Crippen LogP contribution in [0.2, 0.25) is 0 Å². The second kappa shape index (κ2) is 4.73. The third-order valence-electron chi connectivity index (χ3n) is 2.37. The smallest absolute Gasteiger partial charge is 0.376 e. The summed E-state index contributed by atoms with van der Waals surface area (Å²) >= 11 is 0. The zero-order valence-corrected chi connectivity index (χ0v) is 9.27. The van der Waals surface area contributed by atoms with Crippen molar-refractivity contribution < 1.29 is 35.0 Å². The number of urea groups is 2. The topological polar surface area (TPSA) is 154 Å². The van der Waals surface area contributed by atoms with Gasteiger partial charge in [0.15, 0.2) is 0 Å². The van der Waals surface area contributed by atoms with Gasteiger partial charge < -0.3 is 15.5 Å². The van der Waals surface area contributed by atoms with Gasteiger partial charge >= 0.3 is 18.0 Å². The average molecular weight is 264 g/mol. The molecule has 1 saturated heterocycles. The van der Waals surface area contributed by atoms with Crippen LogP contribution < -0.4 is 5.32 Å². The fourth-order valence-corrected chi connectivity index (χ4v) is 1.23. The van der Waals surface area contributed by atoms with Gasteiger partial charge in [-0.1, -0.05) is 0 Å². The molecule has 0 radical (unpaired) electrons. The molecule has 1 heterocycles. The lowest BCUT2D eigenvalue weighted by Crippen LogP contribution is -2.61. The van der Waals surface area contributed by atoms with E-state index in [1.165, 1.54) is 0 Å². The minimum Gasteiger partial charge on any atom is -0.376 e. The van der Waals surface area contributed by atoms with Gasteiger partial charge in [0.1, 0.15) is 13.5 Å². The average Bonchev–Trinajstić information content (AvgIpc) is 2.47. The summed E-state index contributed by atoms with van der Waals surface area (Å²) in [5.74, 6) is -1.29. The molecule has 1 aliphatic heterocycles. The summed E-state index contributed by atoms with van der Waals surface area (Å²) in [4.78, 5) is 34.5.